The molecule has 0 unspecified atom stereocenters. The highest BCUT2D eigenvalue weighted by atomic mass is 127. The van der Waals surface area contributed by atoms with Gasteiger partial charge in [-0.3, -0.25) is 4.79 Å². The quantitative estimate of drug-likeness (QED) is 0.472. The second-order valence-electron chi connectivity index (χ2n) is 4.73. The lowest BCUT2D eigenvalue weighted by Crippen LogP contribution is -2.15. The molecule has 2 rings (SSSR count). The summed E-state index contributed by atoms with van der Waals surface area (Å²) in [5.41, 5.74) is 3.74. The van der Waals surface area contributed by atoms with Gasteiger partial charge in [0.2, 0.25) is 5.91 Å². The van der Waals surface area contributed by atoms with Crippen molar-refractivity contribution in [2.24, 2.45) is 0 Å². The largest absolute Gasteiger partial charge is 0.325 e. The van der Waals surface area contributed by atoms with Crippen LogP contribution < -0.4 is 5.32 Å². The molecule has 4 nitrogen and oxygen atoms in total. The number of hydrogen-bond donors (Lipinski definition) is 1. The number of anilines is 1. The lowest BCUT2D eigenvalue weighted by Gasteiger charge is -2.08. The van der Waals surface area contributed by atoms with Crippen LogP contribution in [-0.4, -0.2) is 21.6 Å². The van der Waals surface area contributed by atoms with E-state index < -0.39 is 0 Å². The molecule has 1 heterocycles. The molecule has 21 heavy (non-hydrogen) atoms. The summed E-state index contributed by atoms with van der Waals surface area (Å²) in [6.07, 6.45) is 0. The van der Waals surface area contributed by atoms with Gasteiger partial charge in [-0.1, -0.05) is 11.8 Å². The maximum absolute atomic E-state index is 12.0. The number of halogens is 1. The number of carbonyl (C=O) groups excluding carboxylic acids is 1. The first kappa shape index (κ1) is 16.2. The molecule has 0 bridgehead atoms. The average molecular weight is 413 g/mol. The first-order chi connectivity index (χ1) is 9.94. The first-order valence-electron chi connectivity index (χ1n) is 6.45. The number of aryl methyl sites for hydroxylation is 3. The normalized spacial score (nSPS) is 10.5. The molecule has 0 aliphatic rings. The smallest absolute Gasteiger partial charge is 0.234 e. The fraction of sp³-hybridized carbons (Fsp3) is 0.267. The van der Waals surface area contributed by atoms with Crippen LogP contribution in [0.3, 0.4) is 0 Å². The van der Waals surface area contributed by atoms with E-state index in [1.54, 1.807) is 0 Å². The van der Waals surface area contributed by atoms with Crippen molar-refractivity contribution < 1.29 is 4.79 Å². The van der Waals surface area contributed by atoms with E-state index in [0.717, 1.165) is 26.2 Å². The number of aromatic nitrogens is 2. The molecule has 0 radical (unpaired) electrons. The zero-order chi connectivity index (χ0) is 15.4. The minimum absolute atomic E-state index is 0.0490. The standard InChI is InChI=1S/C15H16IN3OS/c1-9-6-12(16)4-5-13(9)19-14(20)8-21-15-17-10(2)7-11(3)18-15/h4-7H,8H2,1-3H3,(H,19,20). The van der Waals surface area contributed by atoms with Crippen molar-refractivity contribution in [2.45, 2.75) is 25.9 Å². The SMILES string of the molecule is Cc1cc(C)nc(SCC(=O)Nc2ccc(I)cc2C)n1. The molecular formula is C15H16IN3OS. The first-order valence-corrected chi connectivity index (χ1v) is 8.51. The van der Waals surface area contributed by atoms with Gasteiger partial charge in [0.25, 0.3) is 0 Å². The number of nitrogens with one attached hydrogen (secondary N) is 1. The number of amides is 1. The Kier molecular flexibility index (Phi) is 5.58. The predicted octanol–water partition coefficient (Wildman–Crippen LogP) is 3.74. The van der Waals surface area contributed by atoms with Crippen molar-refractivity contribution in [1.29, 1.82) is 0 Å². The summed E-state index contributed by atoms with van der Waals surface area (Å²) < 4.78 is 1.15. The lowest BCUT2D eigenvalue weighted by molar-refractivity contribution is -0.113. The summed E-state index contributed by atoms with van der Waals surface area (Å²) in [5.74, 6) is 0.251. The molecule has 1 aromatic heterocycles. The topological polar surface area (TPSA) is 54.9 Å². The Labute approximate surface area is 142 Å². The monoisotopic (exact) mass is 413 g/mol. The molecule has 1 N–H and O–H groups in total. The van der Waals surface area contributed by atoms with Gasteiger partial charge in [-0.2, -0.15) is 0 Å². The van der Waals surface area contributed by atoms with E-state index in [0.29, 0.717) is 10.9 Å². The van der Waals surface area contributed by atoms with Crippen molar-refractivity contribution in [3.05, 3.63) is 44.8 Å². The van der Waals surface area contributed by atoms with Crippen LogP contribution in [0.2, 0.25) is 0 Å². The highest BCUT2D eigenvalue weighted by Crippen LogP contribution is 2.19. The van der Waals surface area contributed by atoms with Crippen molar-refractivity contribution in [3.8, 4) is 0 Å². The highest BCUT2D eigenvalue weighted by molar-refractivity contribution is 14.1. The predicted molar refractivity (Wildman–Crippen MR) is 94.8 cm³/mol. The van der Waals surface area contributed by atoms with Gasteiger partial charge >= 0.3 is 0 Å². The van der Waals surface area contributed by atoms with Gasteiger partial charge in [0.1, 0.15) is 0 Å². The van der Waals surface area contributed by atoms with E-state index in [-0.39, 0.29) is 5.91 Å². The van der Waals surface area contributed by atoms with E-state index in [2.05, 4.69) is 37.9 Å². The van der Waals surface area contributed by atoms with E-state index in [4.69, 9.17) is 0 Å². The summed E-state index contributed by atoms with van der Waals surface area (Å²) in [6.45, 7) is 5.83. The van der Waals surface area contributed by atoms with Crippen molar-refractivity contribution in [3.63, 3.8) is 0 Å². The Balaban J connectivity index is 1.95. The fourth-order valence-electron chi connectivity index (χ4n) is 1.84. The Morgan fingerprint density at radius 3 is 2.48 bits per heavy atom. The molecular weight excluding hydrogens is 397 g/mol. The number of hydrogen-bond acceptors (Lipinski definition) is 4. The molecule has 1 amide bonds. The summed E-state index contributed by atoms with van der Waals surface area (Å²) in [6, 6.07) is 7.85. The fourth-order valence-corrected chi connectivity index (χ4v) is 3.24. The molecule has 0 aliphatic heterocycles. The summed E-state index contributed by atoms with van der Waals surface area (Å²) in [5, 5.41) is 3.56. The average Bonchev–Trinajstić information content (AvgIpc) is 2.39. The van der Waals surface area contributed by atoms with Crippen LogP contribution in [0.4, 0.5) is 5.69 Å². The minimum Gasteiger partial charge on any atom is -0.325 e. The van der Waals surface area contributed by atoms with Crippen molar-refractivity contribution in [1.82, 2.24) is 9.97 Å². The molecule has 0 atom stereocenters. The maximum Gasteiger partial charge on any atom is 0.234 e. The second-order valence-corrected chi connectivity index (χ2v) is 6.92. The molecule has 110 valence electrons. The Hall–Kier alpha value is -1.15. The minimum atomic E-state index is -0.0490. The molecule has 1 aromatic carbocycles. The van der Waals surface area contributed by atoms with Gasteiger partial charge < -0.3 is 5.32 Å². The van der Waals surface area contributed by atoms with Gasteiger partial charge in [0.05, 0.1) is 5.75 Å². The number of carbonyl (C=O) groups is 1. The Bertz CT molecular complexity index is 656. The van der Waals surface area contributed by atoms with Crippen LogP contribution in [0.25, 0.3) is 0 Å². The van der Waals surface area contributed by atoms with Crippen LogP contribution in [0, 0.1) is 24.3 Å². The van der Waals surface area contributed by atoms with Crippen LogP contribution in [0.1, 0.15) is 17.0 Å². The van der Waals surface area contributed by atoms with Gasteiger partial charge in [-0.25, -0.2) is 9.97 Å². The van der Waals surface area contributed by atoms with E-state index in [1.165, 1.54) is 11.8 Å². The zero-order valence-corrected chi connectivity index (χ0v) is 15.1. The maximum atomic E-state index is 12.0. The molecule has 0 saturated carbocycles. The number of thioether (sulfide) groups is 1. The summed E-state index contributed by atoms with van der Waals surface area (Å²) in [4.78, 5) is 20.6. The van der Waals surface area contributed by atoms with E-state index in [1.807, 2.05) is 45.0 Å². The van der Waals surface area contributed by atoms with Crippen molar-refractivity contribution >= 4 is 45.9 Å². The van der Waals surface area contributed by atoms with Gasteiger partial charge in [-0.15, -0.1) is 0 Å². The summed E-state index contributed by atoms with van der Waals surface area (Å²) in [7, 11) is 0. The molecule has 2 aromatic rings. The number of rotatable bonds is 4. The second kappa shape index (κ2) is 7.22. The third-order valence-electron chi connectivity index (χ3n) is 2.76. The van der Waals surface area contributed by atoms with Crippen LogP contribution in [0.15, 0.2) is 29.4 Å². The third-order valence-corrected chi connectivity index (χ3v) is 4.27. The van der Waals surface area contributed by atoms with Crippen LogP contribution >= 0.6 is 34.4 Å². The van der Waals surface area contributed by atoms with E-state index >= 15 is 0 Å². The molecule has 0 aliphatic carbocycles. The molecule has 0 spiro atoms. The number of benzene rings is 1. The van der Waals surface area contributed by atoms with Crippen molar-refractivity contribution in [2.75, 3.05) is 11.1 Å². The van der Waals surface area contributed by atoms with Gasteiger partial charge in [-0.05, 0) is 73.2 Å². The van der Waals surface area contributed by atoms with Gasteiger partial charge in [0.15, 0.2) is 5.16 Å². The molecule has 0 fully saturated rings. The lowest BCUT2D eigenvalue weighted by atomic mass is 10.2. The highest BCUT2D eigenvalue weighted by Gasteiger charge is 2.08. The Morgan fingerprint density at radius 1 is 1.19 bits per heavy atom. The van der Waals surface area contributed by atoms with Crippen LogP contribution in [-0.2, 0) is 4.79 Å². The number of nitrogens with zero attached hydrogens (tertiary/aromatic N) is 2. The third kappa shape index (κ3) is 4.96. The Morgan fingerprint density at radius 2 is 1.86 bits per heavy atom. The molecule has 6 heteroatoms. The van der Waals surface area contributed by atoms with Crippen LogP contribution in [0.5, 0.6) is 0 Å². The van der Waals surface area contributed by atoms with Gasteiger partial charge in [0, 0.05) is 20.6 Å². The zero-order valence-electron chi connectivity index (χ0n) is 12.1. The summed E-state index contributed by atoms with van der Waals surface area (Å²) >= 11 is 3.60. The molecule has 0 saturated heterocycles. The van der Waals surface area contributed by atoms with E-state index in [9.17, 15) is 4.79 Å².